The molecule has 0 saturated carbocycles. The van der Waals surface area contributed by atoms with Crippen LogP contribution in [-0.4, -0.2) is 73.3 Å². The van der Waals surface area contributed by atoms with Gasteiger partial charge in [-0.1, -0.05) is 30.3 Å². The Balaban J connectivity index is 1.27. The number of piperazine rings is 2. The SMILES string of the molecule is Cc1ccc(C(=O)N2CCN(c3ccccc3C#N)CC2)cc1C(=O)N1CCN(c2ccccc2C#N)CC1=O. The van der Waals surface area contributed by atoms with E-state index in [-0.39, 0.29) is 24.9 Å². The number of carbonyl (C=O) groups excluding carboxylic acids is 3. The first-order valence-corrected chi connectivity index (χ1v) is 13.1. The number of nitriles is 2. The third-order valence-corrected chi connectivity index (χ3v) is 7.48. The van der Waals surface area contributed by atoms with Crippen LogP contribution in [0.1, 0.15) is 37.4 Å². The van der Waals surface area contributed by atoms with Crippen LogP contribution in [0.4, 0.5) is 11.4 Å². The Bertz CT molecular complexity index is 1560. The first kappa shape index (κ1) is 26.5. The molecular formula is C31H28N6O3. The summed E-state index contributed by atoms with van der Waals surface area (Å²) in [7, 11) is 0. The van der Waals surface area contributed by atoms with Crippen LogP contribution in [-0.2, 0) is 4.79 Å². The molecule has 0 aliphatic carbocycles. The van der Waals surface area contributed by atoms with Gasteiger partial charge in [0.15, 0.2) is 0 Å². The van der Waals surface area contributed by atoms with Gasteiger partial charge in [-0.2, -0.15) is 10.5 Å². The summed E-state index contributed by atoms with van der Waals surface area (Å²) in [6, 6.07) is 23.9. The zero-order valence-corrected chi connectivity index (χ0v) is 22.2. The van der Waals surface area contributed by atoms with Crippen molar-refractivity contribution in [1.82, 2.24) is 9.80 Å². The maximum atomic E-state index is 13.5. The number of para-hydroxylation sites is 2. The summed E-state index contributed by atoms with van der Waals surface area (Å²) in [5.74, 6) is -0.955. The molecule has 0 N–H and O–H groups in total. The molecule has 3 amide bonds. The Morgan fingerprint density at radius 1 is 0.725 bits per heavy atom. The van der Waals surface area contributed by atoms with E-state index in [4.69, 9.17) is 0 Å². The Kier molecular flexibility index (Phi) is 7.48. The number of hydrogen-bond acceptors (Lipinski definition) is 7. The molecule has 0 spiro atoms. The van der Waals surface area contributed by atoms with E-state index in [1.807, 2.05) is 29.2 Å². The summed E-state index contributed by atoms with van der Waals surface area (Å²) in [6.07, 6.45) is 0. The number of nitrogens with zero attached hydrogens (tertiary/aromatic N) is 6. The fourth-order valence-electron chi connectivity index (χ4n) is 5.25. The van der Waals surface area contributed by atoms with Crippen LogP contribution in [0.25, 0.3) is 0 Å². The molecule has 0 radical (unpaired) electrons. The molecule has 9 heteroatoms. The van der Waals surface area contributed by atoms with Crippen LogP contribution >= 0.6 is 0 Å². The molecule has 9 nitrogen and oxygen atoms in total. The highest BCUT2D eigenvalue weighted by Crippen LogP contribution is 2.24. The Morgan fingerprint density at radius 2 is 1.30 bits per heavy atom. The van der Waals surface area contributed by atoms with Gasteiger partial charge >= 0.3 is 0 Å². The topological polar surface area (TPSA) is 112 Å². The molecule has 3 aromatic rings. The minimum absolute atomic E-state index is 0.0126. The molecule has 0 atom stereocenters. The van der Waals surface area contributed by atoms with Crippen molar-refractivity contribution in [2.75, 3.05) is 55.6 Å². The number of carbonyl (C=O) groups is 3. The number of amides is 3. The van der Waals surface area contributed by atoms with Crippen molar-refractivity contribution >= 4 is 29.1 Å². The van der Waals surface area contributed by atoms with Crippen molar-refractivity contribution in [2.24, 2.45) is 0 Å². The molecule has 0 unspecified atom stereocenters. The van der Waals surface area contributed by atoms with E-state index in [0.717, 1.165) is 5.69 Å². The van der Waals surface area contributed by atoms with Crippen molar-refractivity contribution in [3.8, 4) is 12.1 Å². The van der Waals surface area contributed by atoms with E-state index in [0.29, 0.717) is 66.2 Å². The zero-order chi connectivity index (χ0) is 28.2. The van der Waals surface area contributed by atoms with E-state index in [2.05, 4.69) is 17.0 Å². The van der Waals surface area contributed by atoms with E-state index < -0.39 is 5.91 Å². The van der Waals surface area contributed by atoms with Gasteiger partial charge in [-0.3, -0.25) is 19.3 Å². The predicted molar refractivity (Wildman–Crippen MR) is 150 cm³/mol. The van der Waals surface area contributed by atoms with Gasteiger partial charge in [0.2, 0.25) is 5.91 Å². The van der Waals surface area contributed by atoms with Crippen LogP contribution < -0.4 is 9.80 Å². The second-order valence-corrected chi connectivity index (χ2v) is 9.84. The second-order valence-electron chi connectivity index (χ2n) is 9.84. The minimum atomic E-state index is -0.428. The summed E-state index contributed by atoms with van der Waals surface area (Å²) < 4.78 is 0. The maximum absolute atomic E-state index is 13.5. The van der Waals surface area contributed by atoms with Crippen LogP contribution in [0.2, 0.25) is 0 Å². The van der Waals surface area contributed by atoms with Gasteiger partial charge in [0.05, 0.1) is 29.0 Å². The van der Waals surface area contributed by atoms with Gasteiger partial charge in [0, 0.05) is 50.4 Å². The van der Waals surface area contributed by atoms with Gasteiger partial charge in [0.25, 0.3) is 11.8 Å². The monoisotopic (exact) mass is 532 g/mol. The number of hydrogen-bond donors (Lipinski definition) is 0. The first-order chi connectivity index (χ1) is 19.4. The molecule has 5 rings (SSSR count). The van der Waals surface area contributed by atoms with E-state index in [1.54, 1.807) is 54.3 Å². The first-order valence-electron chi connectivity index (χ1n) is 13.1. The minimum Gasteiger partial charge on any atom is -0.367 e. The van der Waals surface area contributed by atoms with E-state index in [9.17, 15) is 24.9 Å². The number of aryl methyl sites for hydroxylation is 1. The Hall–Kier alpha value is -5.15. The van der Waals surface area contributed by atoms with Crippen molar-refractivity contribution in [3.05, 3.63) is 94.5 Å². The number of benzene rings is 3. The average molecular weight is 533 g/mol. The predicted octanol–water partition coefficient (Wildman–Crippen LogP) is 3.19. The number of anilines is 2. The van der Waals surface area contributed by atoms with E-state index >= 15 is 0 Å². The highest BCUT2D eigenvalue weighted by atomic mass is 16.2. The Labute approximate surface area is 233 Å². The molecule has 200 valence electrons. The van der Waals surface area contributed by atoms with E-state index in [1.165, 1.54) is 4.90 Å². The normalized spacial score (nSPS) is 15.4. The highest BCUT2D eigenvalue weighted by Gasteiger charge is 2.32. The van der Waals surface area contributed by atoms with Gasteiger partial charge in [-0.15, -0.1) is 0 Å². The summed E-state index contributed by atoms with van der Waals surface area (Å²) in [5, 5.41) is 18.8. The highest BCUT2D eigenvalue weighted by molar-refractivity contribution is 6.08. The summed E-state index contributed by atoms with van der Waals surface area (Å²) in [6.45, 7) is 4.53. The van der Waals surface area contributed by atoms with Crippen molar-refractivity contribution in [1.29, 1.82) is 10.5 Å². The quantitative estimate of drug-likeness (QED) is 0.475. The molecule has 0 bridgehead atoms. The smallest absolute Gasteiger partial charge is 0.260 e. The average Bonchev–Trinajstić information content (AvgIpc) is 3.00. The lowest BCUT2D eigenvalue weighted by atomic mass is 10.0. The lowest BCUT2D eigenvalue weighted by Gasteiger charge is -2.36. The maximum Gasteiger partial charge on any atom is 0.260 e. The fourth-order valence-corrected chi connectivity index (χ4v) is 5.25. The molecule has 40 heavy (non-hydrogen) atoms. The third kappa shape index (κ3) is 5.10. The summed E-state index contributed by atoms with van der Waals surface area (Å²) in [5.41, 5.74) is 4.03. The Morgan fingerprint density at radius 3 is 1.90 bits per heavy atom. The molecule has 3 aromatic carbocycles. The molecular weight excluding hydrogens is 504 g/mol. The standard InChI is InChI=1S/C31H28N6O3/c1-22-10-11-23(30(39)35-14-12-34(13-15-35)27-8-4-2-6-24(27)19-32)18-26(22)31(40)37-17-16-36(21-29(37)38)28-9-5-3-7-25(28)20-33/h2-11,18H,12-17,21H2,1H3. The molecule has 2 saturated heterocycles. The lowest BCUT2D eigenvalue weighted by molar-refractivity contribution is -0.128. The van der Waals surface area contributed by atoms with Gasteiger partial charge < -0.3 is 14.7 Å². The fraction of sp³-hybridized carbons (Fsp3) is 0.258. The molecule has 2 fully saturated rings. The van der Waals surface area contributed by atoms with Gasteiger partial charge in [0.1, 0.15) is 12.1 Å². The van der Waals surface area contributed by atoms with Crippen molar-refractivity contribution in [2.45, 2.75) is 6.92 Å². The third-order valence-electron chi connectivity index (χ3n) is 7.48. The van der Waals surface area contributed by atoms with Crippen LogP contribution in [0, 0.1) is 29.6 Å². The van der Waals surface area contributed by atoms with Crippen molar-refractivity contribution < 1.29 is 14.4 Å². The van der Waals surface area contributed by atoms with Gasteiger partial charge in [-0.25, -0.2) is 0 Å². The zero-order valence-electron chi connectivity index (χ0n) is 22.2. The molecule has 2 aliphatic heterocycles. The van der Waals surface area contributed by atoms with Crippen LogP contribution in [0.15, 0.2) is 66.7 Å². The second kappa shape index (κ2) is 11.3. The van der Waals surface area contributed by atoms with Crippen LogP contribution in [0.5, 0.6) is 0 Å². The summed E-state index contributed by atoms with van der Waals surface area (Å²) >= 11 is 0. The summed E-state index contributed by atoms with van der Waals surface area (Å²) in [4.78, 5) is 46.8. The number of rotatable bonds is 4. The van der Waals surface area contributed by atoms with Crippen molar-refractivity contribution in [3.63, 3.8) is 0 Å². The molecule has 2 heterocycles. The molecule has 0 aromatic heterocycles. The largest absolute Gasteiger partial charge is 0.367 e. The number of imide groups is 1. The van der Waals surface area contributed by atoms with Gasteiger partial charge in [-0.05, 0) is 48.9 Å². The van der Waals surface area contributed by atoms with Crippen LogP contribution in [0.3, 0.4) is 0 Å². The lowest BCUT2D eigenvalue weighted by Crippen LogP contribution is -2.53. The molecule has 2 aliphatic rings.